The molecule has 2 unspecified atom stereocenters. The minimum atomic E-state index is -0.369. The third-order valence-corrected chi connectivity index (χ3v) is 4.68. The number of primary amides is 1. The fourth-order valence-electron chi connectivity index (χ4n) is 3.32. The number of amides is 1. The number of carbonyl (C=O) groups excluding carboxylic acids is 1. The van der Waals surface area contributed by atoms with Crippen LogP contribution in [0.4, 0.5) is 0 Å². The molecule has 98 valence electrons. The molecule has 0 aromatic carbocycles. The molecule has 1 amide bonds. The molecule has 2 heterocycles. The number of nitrogens with zero attached hydrogens (tertiary/aromatic N) is 2. The zero-order valence-electron chi connectivity index (χ0n) is 11.1. The Morgan fingerprint density at radius 3 is 2.41 bits per heavy atom. The molecule has 0 bridgehead atoms. The monoisotopic (exact) mass is 239 g/mol. The summed E-state index contributed by atoms with van der Waals surface area (Å²) in [7, 11) is 2.13. The van der Waals surface area contributed by atoms with Crippen LogP contribution in [0, 0.1) is 0 Å². The van der Waals surface area contributed by atoms with Gasteiger partial charge in [0.25, 0.3) is 0 Å². The molecule has 2 aliphatic heterocycles. The average Bonchev–Trinajstić information content (AvgIpc) is 2.33. The molecule has 2 aliphatic rings. The first-order chi connectivity index (χ1) is 8.06. The van der Waals surface area contributed by atoms with Crippen LogP contribution in [-0.4, -0.2) is 54.0 Å². The van der Waals surface area contributed by atoms with Gasteiger partial charge in [-0.05, 0) is 52.7 Å². The predicted molar refractivity (Wildman–Crippen MR) is 68.7 cm³/mol. The lowest BCUT2D eigenvalue weighted by Gasteiger charge is -2.49. The molecular weight excluding hydrogens is 214 g/mol. The summed E-state index contributed by atoms with van der Waals surface area (Å²) in [5, 5.41) is 0. The summed E-state index contributed by atoms with van der Waals surface area (Å²) < 4.78 is 0. The van der Waals surface area contributed by atoms with Crippen molar-refractivity contribution < 1.29 is 4.79 Å². The number of piperidine rings is 2. The highest BCUT2D eigenvalue weighted by molar-refractivity contribution is 5.85. The average molecular weight is 239 g/mol. The molecule has 0 aromatic heterocycles. The van der Waals surface area contributed by atoms with Gasteiger partial charge in [-0.2, -0.15) is 0 Å². The van der Waals surface area contributed by atoms with E-state index >= 15 is 0 Å². The number of hydrogen-bond donors (Lipinski definition) is 1. The lowest BCUT2D eigenvalue weighted by Crippen LogP contribution is -2.64. The highest BCUT2D eigenvalue weighted by Crippen LogP contribution is 2.33. The number of rotatable bonds is 2. The van der Waals surface area contributed by atoms with Crippen LogP contribution >= 0.6 is 0 Å². The van der Waals surface area contributed by atoms with Crippen molar-refractivity contribution in [2.45, 2.75) is 50.6 Å². The van der Waals surface area contributed by atoms with Crippen molar-refractivity contribution in [3.8, 4) is 0 Å². The zero-order chi connectivity index (χ0) is 12.5. The Balaban J connectivity index is 2.17. The topological polar surface area (TPSA) is 49.6 Å². The second-order valence-corrected chi connectivity index (χ2v) is 5.73. The van der Waals surface area contributed by atoms with Crippen LogP contribution in [0.25, 0.3) is 0 Å². The number of likely N-dealkylation sites (tertiary alicyclic amines) is 2. The van der Waals surface area contributed by atoms with E-state index in [1.807, 2.05) is 0 Å². The molecule has 0 aliphatic carbocycles. The maximum Gasteiger partial charge on any atom is 0.238 e. The van der Waals surface area contributed by atoms with E-state index in [0.29, 0.717) is 6.04 Å². The highest BCUT2D eigenvalue weighted by Gasteiger charge is 2.46. The molecular formula is C13H25N3O. The summed E-state index contributed by atoms with van der Waals surface area (Å²) >= 11 is 0. The van der Waals surface area contributed by atoms with Crippen molar-refractivity contribution in [3.05, 3.63) is 0 Å². The first kappa shape index (κ1) is 12.8. The van der Waals surface area contributed by atoms with Gasteiger partial charge >= 0.3 is 0 Å². The Morgan fingerprint density at radius 1 is 1.24 bits per heavy atom. The van der Waals surface area contributed by atoms with Gasteiger partial charge in [-0.1, -0.05) is 6.42 Å². The van der Waals surface area contributed by atoms with Gasteiger partial charge in [-0.3, -0.25) is 9.69 Å². The predicted octanol–water partition coefficient (Wildman–Crippen LogP) is 0.811. The van der Waals surface area contributed by atoms with Gasteiger partial charge in [0, 0.05) is 12.6 Å². The standard InChI is InChI=1S/C13H25N3O/c1-11-10-13(12(14)17,6-9-15(11)2)16-7-4-3-5-8-16/h11H,3-10H2,1-2H3,(H2,14,17). The molecule has 4 nitrogen and oxygen atoms in total. The summed E-state index contributed by atoms with van der Waals surface area (Å²) in [6, 6.07) is 0.443. The summed E-state index contributed by atoms with van der Waals surface area (Å²) in [6.45, 7) is 5.25. The van der Waals surface area contributed by atoms with Crippen LogP contribution in [0.3, 0.4) is 0 Å². The van der Waals surface area contributed by atoms with Gasteiger partial charge in [-0.25, -0.2) is 0 Å². The largest absolute Gasteiger partial charge is 0.368 e. The van der Waals surface area contributed by atoms with Gasteiger partial charge in [0.05, 0.1) is 0 Å². The van der Waals surface area contributed by atoms with Crippen LogP contribution in [0.15, 0.2) is 0 Å². The van der Waals surface area contributed by atoms with E-state index in [1.165, 1.54) is 19.3 Å². The Hall–Kier alpha value is -0.610. The zero-order valence-corrected chi connectivity index (χ0v) is 11.1. The smallest absolute Gasteiger partial charge is 0.238 e. The summed E-state index contributed by atoms with van der Waals surface area (Å²) in [5.74, 6) is -0.112. The van der Waals surface area contributed by atoms with Crippen LogP contribution in [-0.2, 0) is 4.79 Å². The minimum absolute atomic E-state index is 0.112. The minimum Gasteiger partial charge on any atom is -0.368 e. The van der Waals surface area contributed by atoms with Crippen molar-refractivity contribution in [2.75, 3.05) is 26.7 Å². The van der Waals surface area contributed by atoms with Crippen molar-refractivity contribution >= 4 is 5.91 Å². The summed E-state index contributed by atoms with van der Waals surface area (Å²) in [6.07, 6.45) is 5.49. The normalized spacial score (nSPS) is 36.9. The molecule has 0 saturated carbocycles. The SMILES string of the molecule is CC1CC(C(N)=O)(N2CCCCC2)CCN1C. The number of nitrogens with two attached hydrogens (primary N) is 1. The highest BCUT2D eigenvalue weighted by atomic mass is 16.1. The van der Waals surface area contributed by atoms with E-state index in [-0.39, 0.29) is 11.4 Å². The molecule has 2 saturated heterocycles. The Kier molecular flexibility index (Phi) is 3.73. The molecule has 2 rings (SSSR count). The van der Waals surface area contributed by atoms with Gasteiger partial charge in [0.1, 0.15) is 5.54 Å². The lowest BCUT2D eigenvalue weighted by molar-refractivity contribution is -0.136. The third kappa shape index (κ3) is 2.33. The maximum atomic E-state index is 12.0. The van der Waals surface area contributed by atoms with Crippen LogP contribution in [0.5, 0.6) is 0 Å². The van der Waals surface area contributed by atoms with E-state index in [1.54, 1.807) is 0 Å². The van der Waals surface area contributed by atoms with Crippen LogP contribution in [0.2, 0.25) is 0 Å². The van der Waals surface area contributed by atoms with Crippen molar-refractivity contribution in [1.29, 1.82) is 0 Å². The Bertz CT molecular complexity index is 288. The van der Waals surface area contributed by atoms with Crippen molar-refractivity contribution in [1.82, 2.24) is 9.80 Å². The first-order valence-corrected chi connectivity index (χ1v) is 6.81. The number of hydrogen-bond acceptors (Lipinski definition) is 3. The van der Waals surface area contributed by atoms with Crippen LogP contribution in [0.1, 0.15) is 39.0 Å². The summed E-state index contributed by atoms with van der Waals surface area (Å²) in [4.78, 5) is 16.7. The van der Waals surface area contributed by atoms with E-state index in [9.17, 15) is 4.79 Å². The quantitative estimate of drug-likeness (QED) is 0.776. The Labute approximate surface area is 104 Å². The van der Waals surface area contributed by atoms with Gasteiger partial charge < -0.3 is 10.6 Å². The molecule has 4 heteroatoms. The molecule has 0 spiro atoms. The Morgan fingerprint density at radius 2 is 1.88 bits per heavy atom. The molecule has 2 N–H and O–H groups in total. The number of carbonyl (C=O) groups is 1. The second kappa shape index (κ2) is 4.94. The molecule has 0 radical (unpaired) electrons. The van der Waals surface area contributed by atoms with E-state index in [0.717, 1.165) is 32.5 Å². The van der Waals surface area contributed by atoms with E-state index in [4.69, 9.17) is 5.73 Å². The fourth-order valence-corrected chi connectivity index (χ4v) is 3.32. The van der Waals surface area contributed by atoms with Gasteiger partial charge in [-0.15, -0.1) is 0 Å². The van der Waals surface area contributed by atoms with Gasteiger partial charge in [0.15, 0.2) is 0 Å². The molecule has 17 heavy (non-hydrogen) atoms. The molecule has 2 atom stereocenters. The van der Waals surface area contributed by atoms with Crippen molar-refractivity contribution in [2.24, 2.45) is 5.73 Å². The molecule has 2 fully saturated rings. The fraction of sp³-hybridized carbons (Fsp3) is 0.923. The first-order valence-electron chi connectivity index (χ1n) is 6.81. The van der Waals surface area contributed by atoms with Gasteiger partial charge in [0.2, 0.25) is 5.91 Å². The van der Waals surface area contributed by atoms with E-state index in [2.05, 4.69) is 23.8 Å². The lowest BCUT2D eigenvalue weighted by atomic mass is 9.80. The second-order valence-electron chi connectivity index (χ2n) is 5.73. The molecule has 0 aromatic rings. The summed E-state index contributed by atoms with van der Waals surface area (Å²) in [5.41, 5.74) is 5.37. The third-order valence-electron chi connectivity index (χ3n) is 4.68. The maximum absolute atomic E-state index is 12.0. The van der Waals surface area contributed by atoms with E-state index < -0.39 is 0 Å². The van der Waals surface area contributed by atoms with Crippen molar-refractivity contribution in [3.63, 3.8) is 0 Å². The van der Waals surface area contributed by atoms with Crippen LogP contribution < -0.4 is 5.73 Å².